The standard InChI is InChI=1S/C17H22S/c1-6-11(2)18-17-13(4)12(3)15-9-7-8-10-16(15)14(17)5/h7-11H,6H2,1-5H3. The summed E-state index contributed by atoms with van der Waals surface area (Å²) in [4.78, 5) is 1.49. The normalized spacial score (nSPS) is 12.9. The van der Waals surface area contributed by atoms with Gasteiger partial charge in [-0.3, -0.25) is 0 Å². The zero-order chi connectivity index (χ0) is 13.3. The smallest absolute Gasteiger partial charge is 0.0142 e. The Bertz CT molecular complexity index is 569. The molecular weight excluding hydrogens is 236 g/mol. The van der Waals surface area contributed by atoms with Crippen molar-refractivity contribution in [3.8, 4) is 0 Å². The number of benzene rings is 2. The number of rotatable bonds is 3. The molecule has 0 bridgehead atoms. The van der Waals surface area contributed by atoms with Crippen LogP contribution in [0.5, 0.6) is 0 Å². The first kappa shape index (κ1) is 13.5. The van der Waals surface area contributed by atoms with E-state index in [1.54, 1.807) is 0 Å². The summed E-state index contributed by atoms with van der Waals surface area (Å²) in [6.45, 7) is 11.3. The van der Waals surface area contributed by atoms with E-state index in [1.807, 2.05) is 11.8 Å². The highest BCUT2D eigenvalue weighted by Crippen LogP contribution is 2.37. The van der Waals surface area contributed by atoms with E-state index in [2.05, 4.69) is 58.9 Å². The molecule has 0 aliphatic carbocycles. The van der Waals surface area contributed by atoms with Crippen LogP contribution in [0.4, 0.5) is 0 Å². The summed E-state index contributed by atoms with van der Waals surface area (Å²) in [5.74, 6) is 0. The van der Waals surface area contributed by atoms with E-state index in [1.165, 1.54) is 38.8 Å². The summed E-state index contributed by atoms with van der Waals surface area (Å²) < 4.78 is 0. The SMILES string of the molecule is CCC(C)Sc1c(C)c(C)c2ccccc2c1C. The van der Waals surface area contributed by atoms with Crippen molar-refractivity contribution in [1.82, 2.24) is 0 Å². The Morgan fingerprint density at radius 1 is 0.944 bits per heavy atom. The molecule has 0 spiro atoms. The van der Waals surface area contributed by atoms with Crippen molar-refractivity contribution in [1.29, 1.82) is 0 Å². The van der Waals surface area contributed by atoms with Crippen molar-refractivity contribution in [2.75, 3.05) is 0 Å². The third kappa shape index (κ3) is 2.29. The average molecular weight is 258 g/mol. The lowest BCUT2D eigenvalue weighted by Crippen LogP contribution is -1.98. The van der Waals surface area contributed by atoms with Gasteiger partial charge in [0.2, 0.25) is 0 Å². The zero-order valence-corrected chi connectivity index (χ0v) is 12.8. The van der Waals surface area contributed by atoms with Gasteiger partial charge in [0, 0.05) is 10.1 Å². The summed E-state index contributed by atoms with van der Waals surface area (Å²) >= 11 is 2.03. The topological polar surface area (TPSA) is 0 Å². The van der Waals surface area contributed by atoms with Gasteiger partial charge < -0.3 is 0 Å². The molecule has 0 heterocycles. The van der Waals surface area contributed by atoms with E-state index < -0.39 is 0 Å². The third-order valence-corrected chi connectivity index (χ3v) is 5.46. The Labute approximate surface area is 115 Å². The molecule has 0 aliphatic rings. The van der Waals surface area contributed by atoms with Crippen LogP contribution in [-0.4, -0.2) is 5.25 Å². The van der Waals surface area contributed by atoms with Gasteiger partial charge in [-0.1, -0.05) is 38.1 Å². The highest BCUT2D eigenvalue weighted by molar-refractivity contribution is 8.00. The van der Waals surface area contributed by atoms with Crippen molar-refractivity contribution < 1.29 is 0 Å². The van der Waals surface area contributed by atoms with Gasteiger partial charge in [0.15, 0.2) is 0 Å². The van der Waals surface area contributed by atoms with Crippen molar-refractivity contribution in [3.63, 3.8) is 0 Å². The monoisotopic (exact) mass is 258 g/mol. The molecule has 0 radical (unpaired) electrons. The molecule has 0 saturated heterocycles. The predicted octanol–water partition coefficient (Wildman–Crippen LogP) is 5.66. The fourth-order valence-electron chi connectivity index (χ4n) is 2.37. The number of hydrogen-bond donors (Lipinski definition) is 0. The van der Waals surface area contributed by atoms with Gasteiger partial charge in [-0.25, -0.2) is 0 Å². The molecule has 96 valence electrons. The van der Waals surface area contributed by atoms with Crippen LogP contribution in [0.15, 0.2) is 29.2 Å². The van der Waals surface area contributed by atoms with Gasteiger partial charge in [-0.2, -0.15) is 0 Å². The van der Waals surface area contributed by atoms with Gasteiger partial charge in [-0.15, -0.1) is 11.8 Å². The molecule has 0 amide bonds. The molecular formula is C17H22S. The minimum atomic E-state index is 0.683. The Hall–Kier alpha value is -0.950. The first-order chi connectivity index (χ1) is 8.56. The molecule has 18 heavy (non-hydrogen) atoms. The minimum absolute atomic E-state index is 0.683. The van der Waals surface area contributed by atoms with Gasteiger partial charge in [-0.05, 0) is 54.7 Å². The lowest BCUT2D eigenvalue weighted by Gasteiger charge is -2.18. The Balaban J connectivity index is 2.67. The van der Waals surface area contributed by atoms with Crippen molar-refractivity contribution >= 4 is 22.5 Å². The number of aryl methyl sites for hydroxylation is 2. The lowest BCUT2D eigenvalue weighted by atomic mass is 9.97. The molecule has 1 atom stereocenters. The van der Waals surface area contributed by atoms with Gasteiger partial charge >= 0.3 is 0 Å². The van der Waals surface area contributed by atoms with E-state index in [0.717, 1.165) is 0 Å². The van der Waals surface area contributed by atoms with Crippen LogP contribution in [-0.2, 0) is 0 Å². The molecule has 0 saturated carbocycles. The molecule has 2 rings (SSSR count). The maximum atomic E-state index is 2.31. The predicted molar refractivity (Wildman–Crippen MR) is 83.8 cm³/mol. The van der Waals surface area contributed by atoms with E-state index in [4.69, 9.17) is 0 Å². The first-order valence-corrected chi connectivity index (χ1v) is 7.59. The highest BCUT2D eigenvalue weighted by atomic mass is 32.2. The highest BCUT2D eigenvalue weighted by Gasteiger charge is 2.13. The van der Waals surface area contributed by atoms with Crippen LogP contribution in [0, 0.1) is 20.8 Å². The van der Waals surface area contributed by atoms with E-state index in [0.29, 0.717) is 5.25 Å². The number of fused-ring (bicyclic) bond motifs is 1. The summed E-state index contributed by atoms with van der Waals surface area (Å²) in [5.41, 5.74) is 4.33. The third-order valence-electron chi connectivity index (χ3n) is 3.87. The van der Waals surface area contributed by atoms with Crippen LogP contribution < -0.4 is 0 Å². The van der Waals surface area contributed by atoms with Crippen molar-refractivity contribution in [2.45, 2.75) is 51.2 Å². The van der Waals surface area contributed by atoms with E-state index in [-0.39, 0.29) is 0 Å². The van der Waals surface area contributed by atoms with Gasteiger partial charge in [0.1, 0.15) is 0 Å². The number of thioether (sulfide) groups is 1. The largest absolute Gasteiger partial charge is 0.122 e. The second-order valence-corrected chi connectivity index (χ2v) is 6.54. The molecule has 0 aromatic heterocycles. The van der Waals surface area contributed by atoms with Crippen LogP contribution in [0.3, 0.4) is 0 Å². The quantitative estimate of drug-likeness (QED) is 0.640. The Morgan fingerprint density at radius 2 is 1.50 bits per heavy atom. The second-order valence-electron chi connectivity index (χ2n) is 5.09. The maximum absolute atomic E-state index is 2.31. The molecule has 0 nitrogen and oxygen atoms in total. The second kappa shape index (κ2) is 5.36. The van der Waals surface area contributed by atoms with Crippen molar-refractivity contribution in [3.05, 3.63) is 41.0 Å². The molecule has 0 fully saturated rings. The summed E-state index contributed by atoms with van der Waals surface area (Å²) in [7, 11) is 0. The lowest BCUT2D eigenvalue weighted by molar-refractivity contribution is 0.904. The van der Waals surface area contributed by atoms with E-state index in [9.17, 15) is 0 Å². The minimum Gasteiger partial charge on any atom is -0.122 e. The van der Waals surface area contributed by atoms with Crippen LogP contribution in [0.25, 0.3) is 10.8 Å². The van der Waals surface area contributed by atoms with Crippen molar-refractivity contribution in [2.24, 2.45) is 0 Å². The Kier molecular flexibility index (Phi) is 4.01. The summed E-state index contributed by atoms with van der Waals surface area (Å²) in [6, 6.07) is 8.76. The van der Waals surface area contributed by atoms with Crippen LogP contribution in [0.2, 0.25) is 0 Å². The fourth-order valence-corrected chi connectivity index (χ4v) is 3.56. The molecule has 2 aromatic rings. The first-order valence-electron chi connectivity index (χ1n) is 6.71. The number of hydrogen-bond acceptors (Lipinski definition) is 1. The fraction of sp³-hybridized carbons (Fsp3) is 0.412. The van der Waals surface area contributed by atoms with Crippen LogP contribution >= 0.6 is 11.8 Å². The Morgan fingerprint density at radius 3 is 2.06 bits per heavy atom. The molecule has 1 unspecified atom stereocenters. The van der Waals surface area contributed by atoms with E-state index >= 15 is 0 Å². The maximum Gasteiger partial charge on any atom is 0.0142 e. The summed E-state index contributed by atoms with van der Waals surface area (Å²) in [6.07, 6.45) is 1.22. The molecule has 0 aliphatic heterocycles. The van der Waals surface area contributed by atoms with Crippen LogP contribution in [0.1, 0.15) is 37.0 Å². The van der Waals surface area contributed by atoms with Gasteiger partial charge in [0.05, 0.1) is 0 Å². The average Bonchev–Trinajstić information content (AvgIpc) is 2.40. The molecule has 2 aromatic carbocycles. The molecule has 1 heteroatoms. The zero-order valence-electron chi connectivity index (χ0n) is 12.0. The van der Waals surface area contributed by atoms with Gasteiger partial charge in [0.25, 0.3) is 0 Å². The summed E-state index contributed by atoms with van der Waals surface area (Å²) in [5, 5.41) is 3.50. The molecule has 0 N–H and O–H groups in total.